The van der Waals surface area contributed by atoms with Gasteiger partial charge in [-0.2, -0.15) is 0 Å². The van der Waals surface area contributed by atoms with Crippen molar-refractivity contribution in [3.8, 4) is 5.75 Å². The van der Waals surface area contributed by atoms with Crippen LogP contribution in [0.1, 0.15) is 5.56 Å². The van der Waals surface area contributed by atoms with Gasteiger partial charge >= 0.3 is 0 Å². The number of benzene rings is 1. The summed E-state index contributed by atoms with van der Waals surface area (Å²) in [7, 11) is 6.10. The number of likely N-dealkylation sites (N-methyl/N-ethyl adjacent to an activating group) is 2. The Morgan fingerprint density at radius 1 is 1.29 bits per heavy atom. The highest BCUT2D eigenvalue weighted by atomic mass is 79.9. The highest BCUT2D eigenvalue weighted by Crippen LogP contribution is 2.32. The Morgan fingerprint density at radius 2 is 2.05 bits per heavy atom. The van der Waals surface area contributed by atoms with E-state index in [0.29, 0.717) is 6.04 Å². The number of rotatable bonds is 5. The minimum absolute atomic E-state index is 0.560. The maximum Gasteiger partial charge on any atom is 0.137 e. The molecule has 0 radical (unpaired) electrons. The first-order chi connectivity index (χ1) is 10.0. The fraction of sp³-hybridized carbons (Fsp3) is 0.600. The maximum absolute atomic E-state index is 5.49. The normalized spacial score (nSPS) is 20.7. The molecule has 1 unspecified atom stereocenters. The Labute approximate surface area is 144 Å². The molecule has 1 N–H and O–H groups in total. The average Bonchev–Trinajstić information content (AvgIpc) is 2.42. The van der Waals surface area contributed by atoms with Crippen LogP contribution >= 0.6 is 31.9 Å². The van der Waals surface area contributed by atoms with E-state index in [1.807, 2.05) is 6.07 Å². The van der Waals surface area contributed by atoms with E-state index in [1.54, 1.807) is 7.11 Å². The summed E-state index contributed by atoms with van der Waals surface area (Å²) in [6.07, 6.45) is 0. The third kappa shape index (κ3) is 4.66. The summed E-state index contributed by atoms with van der Waals surface area (Å²) < 4.78 is 7.52. The third-order valence-corrected chi connectivity index (χ3v) is 5.01. The molecule has 1 saturated heterocycles. The Bertz CT molecular complexity index is 484. The van der Waals surface area contributed by atoms with Crippen molar-refractivity contribution in [1.29, 1.82) is 0 Å². The van der Waals surface area contributed by atoms with Gasteiger partial charge < -0.3 is 15.0 Å². The third-order valence-electron chi connectivity index (χ3n) is 3.97. The van der Waals surface area contributed by atoms with Crippen LogP contribution in [0.2, 0.25) is 0 Å². The van der Waals surface area contributed by atoms with Crippen molar-refractivity contribution in [2.24, 2.45) is 0 Å². The number of methoxy groups -OCH3 is 1. The monoisotopic (exact) mass is 419 g/mol. The Balaban J connectivity index is 1.94. The molecule has 1 aliphatic rings. The maximum atomic E-state index is 5.49. The fourth-order valence-electron chi connectivity index (χ4n) is 2.67. The number of hydrogen-bond donors (Lipinski definition) is 1. The Hall–Kier alpha value is -0.140. The first-order valence-corrected chi connectivity index (χ1v) is 8.71. The van der Waals surface area contributed by atoms with Gasteiger partial charge in [0.15, 0.2) is 0 Å². The Morgan fingerprint density at radius 3 is 2.76 bits per heavy atom. The second-order valence-corrected chi connectivity index (χ2v) is 7.38. The quantitative estimate of drug-likeness (QED) is 0.792. The van der Waals surface area contributed by atoms with Crippen LogP contribution in [0, 0.1) is 0 Å². The molecule has 0 aliphatic carbocycles. The van der Waals surface area contributed by atoms with Gasteiger partial charge in [-0.25, -0.2) is 0 Å². The van der Waals surface area contributed by atoms with Gasteiger partial charge in [0, 0.05) is 48.8 Å². The van der Waals surface area contributed by atoms with Gasteiger partial charge in [-0.15, -0.1) is 0 Å². The van der Waals surface area contributed by atoms with Crippen molar-refractivity contribution in [1.82, 2.24) is 15.1 Å². The SMILES string of the molecule is COc1c(Br)cc(Br)cc1CNCC1CN(C)CCN1C. The van der Waals surface area contributed by atoms with E-state index in [4.69, 9.17) is 4.74 Å². The molecule has 6 heteroatoms. The van der Waals surface area contributed by atoms with E-state index in [2.05, 4.69) is 67.1 Å². The minimum atomic E-state index is 0.560. The number of halogens is 2. The summed E-state index contributed by atoms with van der Waals surface area (Å²) in [5.41, 5.74) is 1.16. The Kier molecular flexibility index (Phi) is 6.50. The van der Waals surface area contributed by atoms with Crippen LogP contribution in [0.25, 0.3) is 0 Å². The average molecular weight is 421 g/mol. The van der Waals surface area contributed by atoms with Crippen LogP contribution in [-0.2, 0) is 6.54 Å². The lowest BCUT2D eigenvalue weighted by Gasteiger charge is -2.37. The smallest absolute Gasteiger partial charge is 0.137 e. The molecule has 21 heavy (non-hydrogen) atoms. The van der Waals surface area contributed by atoms with Crippen LogP contribution < -0.4 is 10.1 Å². The van der Waals surface area contributed by atoms with Crippen LogP contribution in [0.15, 0.2) is 21.1 Å². The van der Waals surface area contributed by atoms with Crippen molar-refractivity contribution < 1.29 is 4.74 Å². The molecule has 2 rings (SSSR count). The molecule has 118 valence electrons. The van der Waals surface area contributed by atoms with E-state index in [-0.39, 0.29) is 0 Å². The predicted molar refractivity (Wildman–Crippen MR) is 94.0 cm³/mol. The van der Waals surface area contributed by atoms with Gasteiger partial charge in [0.2, 0.25) is 0 Å². The lowest BCUT2D eigenvalue weighted by molar-refractivity contribution is 0.113. The van der Waals surface area contributed by atoms with E-state index >= 15 is 0 Å². The molecular weight excluding hydrogens is 398 g/mol. The standard InChI is InChI=1S/C15H23Br2N3O/c1-19-4-5-20(2)13(10-19)9-18-8-11-6-12(16)7-14(17)15(11)21-3/h6-7,13,18H,4-5,8-10H2,1-3H3. The van der Waals surface area contributed by atoms with Gasteiger partial charge in [0.05, 0.1) is 11.6 Å². The van der Waals surface area contributed by atoms with Crippen molar-refractivity contribution >= 4 is 31.9 Å². The number of ether oxygens (including phenoxy) is 1. The van der Waals surface area contributed by atoms with Crippen molar-refractivity contribution in [2.45, 2.75) is 12.6 Å². The lowest BCUT2D eigenvalue weighted by atomic mass is 10.1. The topological polar surface area (TPSA) is 27.7 Å². The number of hydrogen-bond acceptors (Lipinski definition) is 4. The number of nitrogens with zero attached hydrogens (tertiary/aromatic N) is 2. The molecular formula is C15H23Br2N3O. The van der Waals surface area contributed by atoms with Gasteiger partial charge in [-0.05, 0) is 42.2 Å². The van der Waals surface area contributed by atoms with Gasteiger partial charge in [0.1, 0.15) is 5.75 Å². The predicted octanol–water partition coefficient (Wildman–Crippen LogP) is 2.56. The fourth-order valence-corrected chi connectivity index (χ4v) is 4.14. The minimum Gasteiger partial charge on any atom is -0.495 e. The van der Waals surface area contributed by atoms with Gasteiger partial charge in [-0.1, -0.05) is 15.9 Å². The highest BCUT2D eigenvalue weighted by molar-refractivity contribution is 9.11. The highest BCUT2D eigenvalue weighted by Gasteiger charge is 2.21. The molecule has 4 nitrogen and oxygen atoms in total. The van der Waals surface area contributed by atoms with E-state index < -0.39 is 0 Å². The van der Waals surface area contributed by atoms with E-state index in [0.717, 1.165) is 53.0 Å². The zero-order chi connectivity index (χ0) is 15.4. The summed E-state index contributed by atoms with van der Waals surface area (Å²) in [6.45, 7) is 5.18. The van der Waals surface area contributed by atoms with Gasteiger partial charge in [0.25, 0.3) is 0 Å². The summed E-state index contributed by atoms with van der Waals surface area (Å²) in [4.78, 5) is 4.82. The summed E-state index contributed by atoms with van der Waals surface area (Å²) in [6, 6.07) is 4.67. The molecule has 0 bridgehead atoms. The summed E-state index contributed by atoms with van der Waals surface area (Å²) >= 11 is 7.08. The molecule has 0 saturated carbocycles. The van der Waals surface area contributed by atoms with E-state index in [1.165, 1.54) is 0 Å². The van der Waals surface area contributed by atoms with E-state index in [9.17, 15) is 0 Å². The van der Waals surface area contributed by atoms with Crippen LogP contribution in [0.3, 0.4) is 0 Å². The largest absolute Gasteiger partial charge is 0.495 e. The van der Waals surface area contributed by atoms with Crippen LogP contribution in [0.5, 0.6) is 5.75 Å². The number of nitrogens with one attached hydrogen (secondary N) is 1. The van der Waals surface area contributed by atoms with Crippen LogP contribution in [0.4, 0.5) is 0 Å². The molecule has 0 amide bonds. The molecule has 1 fully saturated rings. The van der Waals surface area contributed by atoms with Gasteiger partial charge in [-0.3, -0.25) is 4.90 Å². The summed E-state index contributed by atoms with van der Waals surface area (Å²) in [5.74, 6) is 0.903. The first kappa shape index (κ1) is 17.2. The van der Waals surface area contributed by atoms with Crippen molar-refractivity contribution in [3.63, 3.8) is 0 Å². The second kappa shape index (κ2) is 7.92. The molecule has 1 atom stereocenters. The first-order valence-electron chi connectivity index (χ1n) is 7.12. The zero-order valence-corrected chi connectivity index (χ0v) is 16.0. The number of piperazine rings is 1. The lowest BCUT2D eigenvalue weighted by Crippen LogP contribution is -2.53. The molecule has 1 aromatic carbocycles. The van der Waals surface area contributed by atoms with Crippen molar-refractivity contribution in [2.75, 3.05) is 47.4 Å². The second-order valence-electron chi connectivity index (χ2n) is 5.61. The summed E-state index contributed by atoms with van der Waals surface area (Å²) in [5, 5.41) is 3.56. The molecule has 1 aromatic rings. The zero-order valence-electron chi connectivity index (χ0n) is 12.8. The molecule has 0 aromatic heterocycles. The molecule has 0 spiro atoms. The molecule has 1 heterocycles. The van der Waals surface area contributed by atoms with Crippen molar-refractivity contribution in [3.05, 3.63) is 26.6 Å². The molecule has 1 aliphatic heterocycles. The van der Waals surface area contributed by atoms with Crippen LogP contribution in [-0.4, -0.2) is 63.2 Å².